The van der Waals surface area contributed by atoms with Crippen molar-refractivity contribution in [3.63, 3.8) is 0 Å². The van der Waals surface area contributed by atoms with Gasteiger partial charge in [0.2, 0.25) is 0 Å². The van der Waals surface area contributed by atoms with Crippen LogP contribution in [0.15, 0.2) is 60.7 Å². The average molecular weight is 334 g/mol. The third-order valence-corrected chi connectivity index (χ3v) is 7.32. The van der Waals surface area contributed by atoms with Crippen LogP contribution in [0.1, 0.15) is 13.8 Å². The molecule has 1 aliphatic carbocycles. The first-order valence-electron chi connectivity index (χ1n) is 8.42. The highest BCUT2D eigenvalue weighted by Crippen LogP contribution is 2.60. The van der Waals surface area contributed by atoms with Gasteiger partial charge in [0.1, 0.15) is 0 Å². The number of hydrogen-bond donors (Lipinski definition) is 0. The Labute approximate surface area is 148 Å². The Morgan fingerprint density at radius 1 is 0.792 bits per heavy atom. The second kappa shape index (κ2) is 7.81. The van der Waals surface area contributed by atoms with Crippen molar-refractivity contribution in [1.29, 1.82) is 0 Å². The summed E-state index contributed by atoms with van der Waals surface area (Å²) in [6.45, 7) is 4.55. The average Bonchev–Trinajstić information content (AvgIpc) is 2.98. The highest BCUT2D eigenvalue weighted by molar-refractivity contribution is 7.76. The molecule has 1 atom stereocenters. The van der Waals surface area contributed by atoms with Gasteiger partial charge in [-0.2, -0.15) is 0 Å². The molecule has 123 valence electrons. The SMILES string of the molecule is C[C]1[CH][CH][C]([C@H](C)N(C)C)[C]1P(c1ccccc1)c1ccccc1. The van der Waals surface area contributed by atoms with Crippen LogP contribution in [0.3, 0.4) is 0 Å². The highest BCUT2D eigenvalue weighted by Gasteiger charge is 2.44. The Balaban J connectivity index is 2.04. The first kappa shape index (κ1) is 17.6. The lowest BCUT2D eigenvalue weighted by molar-refractivity contribution is 0.333. The van der Waals surface area contributed by atoms with Crippen LogP contribution in [0, 0.1) is 30.3 Å². The molecule has 0 amide bonds. The summed E-state index contributed by atoms with van der Waals surface area (Å²) in [4.78, 5) is 2.29. The number of nitrogens with zero attached hydrogens (tertiary/aromatic N) is 1. The van der Waals surface area contributed by atoms with E-state index in [2.05, 4.69) is 106 Å². The largest absolute Gasteiger partial charge is 0.306 e. The molecule has 2 aromatic rings. The summed E-state index contributed by atoms with van der Waals surface area (Å²) in [6, 6.07) is 22.3. The van der Waals surface area contributed by atoms with Crippen molar-refractivity contribution in [3.8, 4) is 0 Å². The van der Waals surface area contributed by atoms with E-state index in [0.717, 1.165) is 0 Å². The van der Waals surface area contributed by atoms with Gasteiger partial charge in [0.05, 0.1) is 0 Å². The third-order valence-electron chi connectivity index (χ3n) is 4.64. The molecular weight excluding hydrogens is 309 g/mol. The minimum Gasteiger partial charge on any atom is -0.306 e. The second-order valence-electron chi connectivity index (χ2n) is 6.47. The summed E-state index contributed by atoms with van der Waals surface area (Å²) in [7, 11) is 3.78. The maximum atomic E-state index is 2.32. The summed E-state index contributed by atoms with van der Waals surface area (Å²) in [5, 5.41) is 2.83. The molecule has 0 N–H and O–H groups in total. The van der Waals surface area contributed by atoms with Gasteiger partial charge in [0.25, 0.3) is 0 Å². The zero-order valence-corrected chi connectivity index (χ0v) is 15.8. The van der Waals surface area contributed by atoms with Crippen LogP contribution >= 0.6 is 7.92 Å². The van der Waals surface area contributed by atoms with Crippen LogP contribution in [0.4, 0.5) is 0 Å². The fourth-order valence-corrected chi connectivity index (χ4v) is 5.78. The summed E-state index contributed by atoms with van der Waals surface area (Å²) in [5.74, 6) is 2.86. The van der Waals surface area contributed by atoms with Crippen LogP contribution in [-0.2, 0) is 0 Å². The smallest absolute Gasteiger partial charge is 0.0241 e. The minimum absolute atomic E-state index is 0.408. The predicted molar refractivity (Wildman–Crippen MR) is 106 cm³/mol. The van der Waals surface area contributed by atoms with Crippen molar-refractivity contribution in [2.45, 2.75) is 19.9 Å². The number of benzene rings is 2. The molecule has 0 spiro atoms. The first-order valence-corrected chi connectivity index (χ1v) is 9.76. The molecule has 5 radical (unpaired) electrons. The quantitative estimate of drug-likeness (QED) is 0.741. The Morgan fingerprint density at radius 2 is 1.29 bits per heavy atom. The molecule has 2 heteroatoms. The van der Waals surface area contributed by atoms with Crippen molar-refractivity contribution in [3.05, 3.63) is 91.0 Å². The van der Waals surface area contributed by atoms with Gasteiger partial charge >= 0.3 is 0 Å². The van der Waals surface area contributed by atoms with Gasteiger partial charge in [0, 0.05) is 17.6 Å². The highest BCUT2D eigenvalue weighted by atomic mass is 31.1. The van der Waals surface area contributed by atoms with Gasteiger partial charge in [-0.3, -0.25) is 0 Å². The maximum Gasteiger partial charge on any atom is 0.0241 e. The van der Waals surface area contributed by atoms with Crippen molar-refractivity contribution in [2.24, 2.45) is 0 Å². The van der Waals surface area contributed by atoms with Gasteiger partial charge in [-0.05, 0) is 58.3 Å². The Hall–Kier alpha value is -1.17. The van der Waals surface area contributed by atoms with Gasteiger partial charge < -0.3 is 4.90 Å². The van der Waals surface area contributed by atoms with E-state index >= 15 is 0 Å². The zero-order valence-electron chi connectivity index (χ0n) is 14.9. The number of rotatable bonds is 5. The molecule has 1 aliphatic rings. The van der Waals surface area contributed by atoms with Gasteiger partial charge in [0.15, 0.2) is 0 Å². The Morgan fingerprint density at radius 3 is 1.75 bits per heavy atom. The van der Waals surface area contributed by atoms with Crippen LogP contribution in [0.25, 0.3) is 0 Å². The fraction of sp³-hybridized carbons (Fsp3) is 0.227. The van der Waals surface area contributed by atoms with E-state index in [4.69, 9.17) is 0 Å². The van der Waals surface area contributed by atoms with Crippen molar-refractivity contribution >= 4 is 18.5 Å². The predicted octanol–water partition coefficient (Wildman–Crippen LogP) is 4.19. The molecule has 0 aromatic heterocycles. The third kappa shape index (κ3) is 3.58. The molecule has 24 heavy (non-hydrogen) atoms. The van der Waals surface area contributed by atoms with Crippen LogP contribution in [0.2, 0.25) is 0 Å². The molecule has 1 saturated carbocycles. The van der Waals surface area contributed by atoms with Gasteiger partial charge in [-0.1, -0.05) is 67.6 Å². The van der Waals surface area contributed by atoms with E-state index in [-0.39, 0.29) is 0 Å². The van der Waals surface area contributed by atoms with E-state index < -0.39 is 7.92 Å². The number of hydrogen-bond acceptors (Lipinski definition) is 1. The van der Waals surface area contributed by atoms with Gasteiger partial charge in [-0.15, -0.1) is 0 Å². The fourth-order valence-electron chi connectivity index (χ4n) is 3.08. The standard InChI is InChI=1S/C22H25NP/c1-17-15-16-21(18(2)23(3)4)22(17)24(19-11-7-5-8-12-19)20-13-9-6-10-14-20/h5-16,18H,1-4H3/t18-/m0/s1. The van der Waals surface area contributed by atoms with E-state index in [0.29, 0.717) is 6.04 Å². The lowest BCUT2D eigenvalue weighted by Gasteiger charge is -2.36. The molecule has 0 heterocycles. The van der Waals surface area contributed by atoms with Crippen LogP contribution in [0.5, 0.6) is 0 Å². The monoisotopic (exact) mass is 334 g/mol. The van der Waals surface area contributed by atoms with Crippen molar-refractivity contribution in [1.82, 2.24) is 4.90 Å². The van der Waals surface area contributed by atoms with E-state index in [9.17, 15) is 0 Å². The second-order valence-corrected chi connectivity index (χ2v) is 8.62. The lowest BCUT2D eigenvalue weighted by Crippen LogP contribution is -2.34. The normalized spacial score (nSPS) is 18.6. The first-order chi connectivity index (χ1) is 11.6. The van der Waals surface area contributed by atoms with E-state index in [1.807, 2.05) is 0 Å². The minimum atomic E-state index is -0.534. The summed E-state index contributed by atoms with van der Waals surface area (Å²) in [6.07, 6.45) is 4.60. The lowest BCUT2D eigenvalue weighted by atomic mass is 9.97. The molecule has 3 rings (SSSR count). The van der Waals surface area contributed by atoms with Crippen LogP contribution in [-0.4, -0.2) is 25.0 Å². The molecule has 2 aromatic carbocycles. The zero-order chi connectivity index (χ0) is 17.1. The van der Waals surface area contributed by atoms with Crippen molar-refractivity contribution < 1.29 is 0 Å². The molecule has 0 aliphatic heterocycles. The molecule has 1 nitrogen and oxygen atoms in total. The molecular formula is C22H25NP. The summed E-state index contributed by atoms with van der Waals surface area (Å²) >= 11 is 0. The van der Waals surface area contributed by atoms with Crippen LogP contribution < -0.4 is 10.6 Å². The van der Waals surface area contributed by atoms with E-state index in [1.54, 1.807) is 0 Å². The van der Waals surface area contributed by atoms with Gasteiger partial charge in [-0.25, -0.2) is 0 Å². The summed E-state index contributed by atoms with van der Waals surface area (Å²) < 4.78 is 0. The Kier molecular flexibility index (Phi) is 5.74. The molecule has 0 saturated heterocycles. The summed E-state index contributed by atoms with van der Waals surface area (Å²) in [5.41, 5.74) is 1.52. The molecule has 0 bridgehead atoms. The maximum absolute atomic E-state index is 2.32. The topological polar surface area (TPSA) is 3.24 Å². The van der Waals surface area contributed by atoms with E-state index in [1.165, 1.54) is 28.1 Å². The molecule has 0 unspecified atom stereocenters. The Bertz CT molecular complexity index is 585. The molecule has 1 fully saturated rings. The van der Waals surface area contributed by atoms with Crippen molar-refractivity contribution in [2.75, 3.05) is 14.1 Å².